The summed E-state index contributed by atoms with van der Waals surface area (Å²) in [7, 11) is 3.04. The van der Waals surface area contributed by atoms with Gasteiger partial charge in [0.2, 0.25) is 0 Å². The molecule has 0 aliphatic carbocycles. The third-order valence-corrected chi connectivity index (χ3v) is 4.21. The predicted octanol–water partition coefficient (Wildman–Crippen LogP) is 3.08. The zero-order chi connectivity index (χ0) is 19.5. The number of imide groups is 1. The average Bonchev–Trinajstić information content (AvgIpc) is 2.80. The lowest BCUT2D eigenvalue weighted by Crippen LogP contribution is -2.37. The molecular weight excluding hydrogens is 358 g/mol. The van der Waals surface area contributed by atoms with Crippen LogP contribution in [0.5, 0.6) is 11.5 Å². The molecule has 1 saturated heterocycles. The smallest absolute Gasteiger partial charge is 0.326 e. The summed E-state index contributed by atoms with van der Waals surface area (Å²) in [6, 6.07) is 5.13. The van der Waals surface area contributed by atoms with Crippen molar-refractivity contribution in [3.63, 3.8) is 0 Å². The molecule has 0 spiro atoms. The van der Waals surface area contributed by atoms with Gasteiger partial charge in [0.1, 0.15) is 23.6 Å². The molecule has 0 atom stereocenters. The fourth-order valence-electron chi connectivity index (χ4n) is 2.23. The zero-order valence-electron chi connectivity index (χ0n) is 15.3. The molecule has 8 heteroatoms. The van der Waals surface area contributed by atoms with Gasteiger partial charge in [0.25, 0.3) is 11.1 Å². The molecule has 0 aromatic heterocycles. The van der Waals surface area contributed by atoms with Crippen LogP contribution in [0.3, 0.4) is 0 Å². The van der Waals surface area contributed by atoms with Gasteiger partial charge < -0.3 is 14.2 Å². The van der Waals surface area contributed by atoms with Gasteiger partial charge >= 0.3 is 5.97 Å². The highest BCUT2D eigenvalue weighted by atomic mass is 32.2. The van der Waals surface area contributed by atoms with Crippen molar-refractivity contribution in [3.8, 4) is 11.5 Å². The van der Waals surface area contributed by atoms with E-state index in [1.54, 1.807) is 45.0 Å². The molecule has 1 aromatic rings. The third-order valence-electron chi connectivity index (χ3n) is 3.30. The van der Waals surface area contributed by atoms with Crippen LogP contribution >= 0.6 is 11.8 Å². The largest absolute Gasteiger partial charge is 0.497 e. The van der Waals surface area contributed by atoms with Gasteiger partial charge in [-0.15, -0.1) is 0 Å². The normalized spacial score (nSPS) is 16.2. The summed E-state index contributed by atoms with van der Waals surface area (Å²) in [5.41, 5.74) is -0.0996. The summed E-state index contributed by atoms with van der Waals surface area (Å²) in [6.45, 7) is 4.73. The minimum atomic E-state index is -0.692. The molecule has 0 saturated carbocycles. The molecule has 1 aliphatic rings. The molecule has 0 radical (unpaired) electrons. The van der Waals surface area contributed by atoms with E-state index < -0.39 is 29.3 Å². The standard InChI is InChI=1S/C18H21NO6S/c1-18(2,3)25-15(20)10-19-16(21)14(26-17(19)22)9-11-8-12(23-4)6-7-13(11)24-5/h6-9H,10H2,1-5H3. The van der Waals surface area contributed by atoms with Crippen LogP contribution in [0.15, 0.2) is 23.1 Å². The molecule has 0 N–H and O–H groups in total. The van der Waals surface area contributed by atoms with Crippen LogP contribution in [0.1, 0.15) is 26.3 Å². The highest BCUT2D eigenvalue weighted by molar-refractivity contribution is 8.18. The van der Waals surface area contributed by atoms with Gasteiger partial charge in [0.05, 0.1) is 19.1 Å². The van der Waals surface area contributed by atoms with Crippen molar-refractivity contribution in [3.05, 3.63) is 28.7 Å². The molecule has 140 valence electrons. The van der Waals surface area contributed by atoms with Crippen molar-refractivity contribution < 1.29 is 28.6 Å². The number of thioether (sulfide) groups is 1. The number of ether oxygens (including phenoxy) is 3. The zero-order valence-corrected chi connectivity index (χ0v) is 16.1. The predicted molar refractivity (Wildman–Crippen MR) is 98.1 cm³/mol. The van der Waals surface area contributed by atoms with Crippen LogP contribution in [0.4, 0.5) is 4.79 Å². The topological polar surface area (TPSA) is 82.1 Å². The number of hydrogen-bond donors (Lipinski definition) is 0. The molecule has 7 nitrogen and oxygen atoms in total. The molecular formula is C18H21NO6S. The van der Waals surface area contributed by atoms with Gasteiger partial charge in [-0.25, -0.2) is 0 Å². The van der Waals surface area contributed by atoms with E-state index in [1.807, 2.05) is 0 Å². The van der Waals surface area contributed by atoms with E-state index in [0.717, 1.165) is 16.7 Å². The monoisotopic (exact) mass is 379 g/mol. The van der Waals surface area contributed by atoms with Crippen molar-refractivity contribution in [2.24, 2.45) is 0 Å². The lowest BCUT2D eigenvalue weighted by atomic mass is 10.1. The Morgan fingerprint density at radius 2 is 1.88 bits per heavy atom. The minimum absolute atomic E-state index is 0.199. The number of carbonyl (C=O) groups is 3. The molecule has 1 aromatic carbocycles. The first-order valence-corrected chi connectivity index (χ1v) is 8.65. The highest BCUT2D eigenvalue weighted by Gasteiger charge is 2.37. The Hall–Kier alpha value is -2.48. The van der Waals surface area contributed by atoms with Gasteiger partial charge in [-0.1, -0.05) is 0 Å². The van der Waals surface area contributed by atoms with E-state index in [-0.39, 0.29) is 4.91 Å². The first kappa shape index (κ1) is 19.8. The van der Waals surface area contributed by atoms with Crippen LogP contribution in [-0.2, 0) is 14.3 Å². The number of methoxy groups -OCH3 is 2. The maximum absolute atomic E-state index is 12.5. The maximum atomic E-state index is 12.5. The van der Waals surface area contributed by atoms with Crippen molar-refractivity contribution >= 4 is 35.0 Å². The fourth-order valence-corrected chi connectivity index (χ4v) is 3.06. The van der Waals surface area contributed by atoms with Crippen molar-refractivity contribution in [2.75, 3.05) is 20.8 Å². The Labute approximate surface area is 156 Å². The summed E-state index contributed by atoms with van der Waals surface area (Å²) >= 11 is 0.764. The maximum Gasteiger partial charge on any atom is 0.326 e. The van der Waals surface area contributed by atoms with E-state index in [2.05, 4.69) is 0 Å². The molecule has 2 amide bonds. The summed E-state index contributed by atoms with van der Waals surface area (Å²) in [5, 5.41) is -0.519. The van der Waals surface area contributed by atoms with E-state index in [9.17, 15) is 14.4 Å². The van der Waals surface area contributed by atoms with Crippen molar-refractivity contribution in [2.45, 2.75) is 26.4 Å². The second-order valence-corrected chi connectivity index (χ2v) is 7.46. The number of rotatable bonds is 5. The Balaban J connectivity index is 2.23. The number of esters is 1. The quantitative estimate of drug-likeness (QED) is 0.574. The first-order chi connectivity index (χ1) is 12.1. The number of benzene rings is 1. The molecule has 26 heavy (non-hydrogen) atoms. The van der Waals surface area contributed by atoms with Gasteiger partial charge in [-0.05, 0) is 56.8 Å². The van der Waals surface area contributed by atoms with Gasteiger partial charge in [0.15, 0.2) is 0 Å². The van der Waals surface area contributed by atoms with Crippen molar-refractivity contribution in [1.29, 1.82) is 0 Å². The van der Waals surface area contributed by atoms with Gasteiger partial charge in [-0.2, -0.15) is 0 Å². The van der Waals surface area contributed by atoms with Crippen molar-refractivity contribution in [1.82, 2.24) is 4.90 Å². The molecule has 2 rings (SSSR count). The van der Waals surface area contributed by atoms with Crippen LogP contribution < -0.4 is 9.47 Å². The SMILES string of the molecule is COc1ccc(OC)c(C=C2SC(=O)N(CC(=O)OC(C)(C)C)C2=O)c1. The number of nitrogens with zero attached hydrogens (tertiary/aromatic N) is 1. The molecule has 0 bridgehead atoms. The second kappa shape index (κ2) is 7.82. The highest BCUT2D eigenvalue weighted by Crippen LogP contribution is 2.35. The van der Waals surface area contributed by atoms with E-state index in [0.29, 0.717) is 17.1 Å². The first-order valence-electron chi connectivity index (χ1n) is 7.84. The summed E-state index contributed by atoms with van der Waals surface area (Å²) < 4.78 is 15.6. The van der Waals surface area contributed by atoms with E-state index >= 15 is 0 Å². The summed E-state index contributed by atoms with van der Waals surface area (Å²) in [4.78, 5) is 37.6. The van der Waals surface area contributed by atoms with E-state index in [1.165, 1.54) is 14.2 Å². The fraction of sp³-hybridized carbons (Fsp3) is 0.389. The van der Waals surface area contributed by atoms with Crippen LogP contribution in [0.2, 0.25) is 0 Å². The second-order valence-electron chi connectivity index (χ2n) is 6.46. The molecule has 0 unspecified atom stereocenters. The van der Waals surface area contributed by atoms with Crippen LogP contribution in [-0.4, -0.2) is 48.4 Å². The Morgan fingerprint density at radius 3 is 2.46 bits per heavy atom. The third kappa shape index (κ3) is 4.78. The van der Waals surface area contributed by atoms with E-state index in [4.69, 9.17) is 14.2 Å². The lowest BCUT2D eigenvalue weighted by molar-refractivity contribution is -0.156. The number of carbonyl (C=O) groups excluding carboxylic acids is 3. The summed E-state index contributed by atoms with van der Waals surface area (Å²) in [5.74, 6) is -0.0643. The Bertz CT molecular complexity index is 765. The average molecular weight is 379 g/mol. The number of amides is 2. The van der Waals surface area contributed by atoms with Crippen LogP contribution in [0, 0.1) is 0 Å². The molecule has 1 aliphatic heterocycles. The van der Waals surface area contributed by atoms with Gasteiger partial charge in [0, 0.05) is 5.56 Å². The Kier molecular flexibility index (Phi) is 5.97. The summed E-state index contributed by atoms with van der Waals surface area (Å²) in [6.07, 6.45) is 1.54. The van der Waals surface area contributed by atoms with Gasteiger partial charge in [-0.3, -0.25) is 19.3 Å². The minimum Gasteiger partial charge on any atom is -0.497 e. The van der Waals surface area contributed by atoms with Crippen LogP contribution in [0.25, 0.3) is 6.08 Å². The molecule has 1 heterocycles. The molecule has 1 fully saturated rings. The Morgan fingerprint density at radius 1 is 1.19 bits per heavy atom. The number of hydrogen-bond acceptors (Lipinski definition) is 7. The lowest BCUT2D eigenvalue weighted by Gasteiger charge is -2.21.